The third kappa shape index (κ3) is 4.96. The fourth-order valence-electron chi connectivity index (χ4n) is 2.27. The molecule has 122 valence electrons. The highest BCUT2D eigenvalue weighted by Crippen LogP contribution is 2.35. The van der Waals surface area contributed by atoms with Gasteiger partial charge in [-0.1, -0.05) is 54.4 Å². The number of carbonyl (C=O) groups excluding carboxylic acids is 1. The summed E-state index contributed by atoms with van der Waals surface area (Å²) in [6.07, 6.45) is 1.28. The Hall–Kier alpha value is -1.55. The summed E-state index contributed by atoms with van der Waals surface area (Å²) in [4.78, 5) is 10.3. The number of ether oxygens (including phenoxy) is 1. The maximum atomic E-state index is 10.3. The van der Waals surface area contributed by atoms with Crippen molar-refractivity contribution in [3.8, 4) is 0 Å². The number of hydrogen-bond acceptors (Lipinski definition) is 3. The molecule has 3 nitrogen and oxygen atoms in total. The number of anilines is 2. The maximum Gasteiger partial charge on any atom is 0.122 e. The Bertz CT molecular complexity index is 641. The number of rotatable bonds is 8. The van der Waals surface area contributed by atoms with E-state index in [1.54, 1.807) is 12.1 Å². The first kappa shape index (κ1) is 17.8. The van der Waals surface area contributed by atoms with Crippen molar-refractivity contribution in [2.24, 2.45) is 0 Å². The van der Waals surface area contributed by atoms with E-state index in [1.165, 1.54) is 0 Å². The van der Waals surface area contributed by atoms with Crippen LogP contribution in [0.5, 0.6) is 0 Å². The Labute approximate surface area is 146 Å². The highest BCUT2D eigenvalue weighted by Gasteiger charge is 2.13. The van der Waals surface area contributed by atoms with E-state index in [-0.39, 0.29) is 5.92 Å². The van der Waals surface area contributed by atoms with Gasteiger partial charge in [0.15, 0.2) is 0 Å². The maximum absolute atomic E-state index is 10.3. The lowest BCUT2D eigenvalue weighted by Gasteiger charge is -2.19. The second-order valence-electron chi connectivity index (χ2n) is 5.24. The Morgan fingerprint density at radius 1 is 1.13 bits per heavy atom. The number of halogens is 2. The molecule has 0 amide bonds. The molecular weight excluding hydrogens is 333 g/mol. The van der Waals surface area contributed by atoms with Crippen molar-refractivity contribution >= 4 is 40.9 Å². The first-order chi connectivity index (χ1) is 11.1. The minimum atomic E-state index is 0.173. The summed E-state index contributed by atoms with van der Waals surface area (Å²) >= 11 is 12.5. The number of aldehydes is 1. The molecule has 23 heavy (non-hydrogen) atoms. The topological polar surface area (TPSA) is 38.3 Å². The SMILES string of the molecule is CC(COCCC=O)c1ccccc1Nc1c(Cl)cccc1Cl. The average Bonchev–Trinajstić information content (AvgIpc) is 2.55. The third-order valence-corrected chi connectivity index (χ3v) is 4.09. The quantitative estimate of drug-likeness (QED) is 0.507. The molecule has 2 aromatic carbocycles. The molecule has 1 atom stereocenters. The zero-order valence-corrected chi connectivity index (χ0v) is 14.4. The lowest BCUT2D eigenvalue weighted by Crippen LogP contribution is -2.08. The molecule has 0 fully saturated rings. The molecule has 0 aromatic heterocycles. The molecule has 0 saturated carbocycles. The van der Waals surface area contributed by atoms with Crippen molar-refractivity contribution in [1.82, 2.24) is 0 Å². The van der Waals surface area contributed by atoms with Crippen LogP contribution in [-0.2, 0) is 9.53 Å². The zero-order chi connectivity index (χ0) is 16.7. The molecule has 0 aliphatic carbocycles. The van der Waals surface area contributed by atoms with E-state index >= 15 is 0 Å². The lowest BCUT2D eigenvalue weighted by atomic mass is 10.00. The number of benzene rings is 2. The van der Waals surface area contributed by atoms with E-state index in [9.17, 15) is 4.79 Å². The average molecular weight is 352 g/mol. The molecule has 0 radical (unpaired) electrons. The van der Waals surface area contributed by atoms with Gasteiger partial charge in [0, 0.05) is 18.0 Å². The first-order valence-electron chi connectivity index (χ1n) is 7.44. The third-order valence-electron chi connectivity index (χ3n) is 3.46. The smallest absolute Gasteiger partial charge is 0.122 e. The molecule has 5 heteroatoms. The predicted molar refractivity (Wildman–Crippen MR) is 96.1 cm³/mol. The predicted octanol–water partition coefficient (Wildman–Crippen LogP) is 5.45. The van der Waals surface area contributed by atoms with Gasteiger partial charge < -0.3 is 14.8 Å². The standard InChI is InChI=1S/C18H19Cl2NO2/c1-13(12-23-11-5-10-22)14-6-2-3-9-17(14)21-18-15(19)7-4-8-16(18)20/h2-4,6-10,13,21H,5,11-12H2,1H3. The van der Waals surface area contributed by atoms with Gasteiger partial charge >= 0.3 is 0 Å². The monoisotopic (exact) mass is 351 g/mol. The normalized spacial score (nSPS) is 12.0. The van der Waals surface area contributed by atoms with Gasteiger partial charge in [0.25, 0.3) is 0 Å². The summed E-state index contributed by atoms with van der Waals surface area (Å²) in [6.45, 7) is 3.07. The molecule has 0 aliphatic rings. The Morgan fingerprint density at radius 2 is 1.83 bits per heavy atom. The van der Waals surface area contributed by atoms with E-state index in [0.717, 1.165) is 17.5 Å². The minimum absolute atomic E-state index is 0.173. The van der Waals surface area contributed by atoms with E-state index < -0.39 is 0 Å². The van der Waals surface area contributed by atoms with Crippen LogP contribution in [0.25, 0.3) is 0 Å². The highest BCUT2D eigenvalue weighted by atomic mass is 35.5. The second kappa shape index (κ2) is 8.92. The summed E-state index contributed by atoms with van der Waals surface area (Å²) in [5.41, 5.74) is 2.74. The van der Waals surface area contributed by atoms with Crippen LogP contribution in [-0.4, -0.2) is 19.5 Å². The summed E-state index contributed by atoms with van der Waals surface area (Å²) in [6, 6.07) is 13.4. The number of nitrogens with one attached hydrogen (secondary N) is 1. The van der Waals surface area contributed by atoms with Crippen LogP contribution in [0.15, 0.2) is 42.5 Å². The Balaban J connectivity index is 2.15. The molecular formula is C18H19Cl2NO2. The second-order valence-corrected chi connectivity index (χ2v) is 6.05. The van der Waals surface area contributed by atoms with E-state index in [1.807, 2.05) is 30.3 Å². The fraction of sp³-hybridized carbons (Fsp3) is 0.278. The molecule has 1 N–H and O–H groups in total. The molecule has 0 spiro atoms. The molecule has 2 rings (SSSR count). The number of carbonyl (C=O) groups is 1. The van der Waals surface area contributed by atoms with Gasteiger partial charge in [-0.25, -0.2) is 0 Å². The Morgan fingerprint density at radius 3 is 2.52 bits per heavy atom. The highest BCUT2D eigenvalue weighted by molar-refractivity contribution is 6.39. The molecule has 0 saturated heterocycles. The first-order valence-corrected chi connectivity index (χ1v) is 8.20. The molecule has 0 aliphatic heterocycles. The van der Waals surface area contributed by atoms with Crippen LogP contribution < -0.4 is 5.32 Å². The summed E-state index contributed by atoms with van der Waals surface area (Å²) in [5, 5.41) is 4.46. The molecule has 0 bridgehead atoms. The zero-order valence-electron chi connectivity index (χ0n) is 12.9. The largest absolute Gasteiger partial charge is 0.380 e. The summed E-state index contributed by atoms with van der Waals surface area (Å²) < 4.78 is 5.53. The van der Waals surface area contributed by atoms with Gasteiger partial charge in [-0.3, -0.25) is 0 Å². The van der Waals surface area contributed by atoms with Crippen molar-refractivity contribution in [2.75, 3.05) is 18.5 Å². The van der Waals surface area contributed by atoms with Gasteiger partial charge in [0.05, 0.1) is 28.9 Å². The van der Waals surface area contributed by atoms with Gasteiger partial charge in [-0.2, -0.15) is 0 Å². The molecule has 2 aromatic rings. The van der Waals surface area contributed by atoms with E-state index in [2.05, 4.69) is 12.2 Å². The van der Waals surface area contributed by atoms with Crippen LogP contribution in [0.2, 0.25) is 10.0 Å². The van der Waals surface area contributed by atoms with Crippen LogP contribution >= 0.6 is 23.2 Å². The van der Waals surface area contributed by atoms with Gasteiger partial charge in [-0.15, -0.1) is 0 Å². The van der Waals surface area contributed by atoms with Crippen LogP contribution in [0, 0.1) is 0 Å². The van der Waals surface area contributed by atoms with E-state index in [4.69, 9.17) is 27.9 Å². The fourth-order valence-corrected chi connectivity index (χ4v) is 2.77. The van der Waals surface area contributed by atoms with Crippen LogP contribution in [0.3, 0.4) is 0 Å². The number of hydrogen-bond donors (Lipinski definition) is 1. The van der Waals surface area contributed by atoms with Gasteiger partial charge in [0.2, 0.25) is 0 Å². The van der Waals surface area contributed by atoms with Crippen molar-refractivity contribution in [3.05, 3.63) is 58.1 Å². The summed E-state index contributed by atoms with van der Waals surface area (Å²) in [5.74, 6) is 0.173. The molecule has 1 unspecified atom stereocenters. The Kier molecular flexibility index (Phi) is 6.90. The number of para-hydroxylation sites is 2. The van der Waals surface area contributed by atoms with Gasteiger partial charge in [0.1, 0.15) is 6.29 Å². The molecule has 0 heterocycles. The van der Waals surface area contributed by atoms with Gasteiger partial charge in [-0.05, 0) is 23.8 Å². The minimum Gasteiger partial charge on any atom is -0.380 e. The van der Waals surface area contributed by atoms with Crippen molar-refractivity contribution in [2.45, 2.75) is 19.3 Å². The summed E-state index contributed by atoms with van der Waals surface area (Å²) in [7, 11) is 0. The van der Waals surface area contributed by atoms with E-state index in [0.29, 0.717) is 35.4 Å². The van der Waals surface area contributed by atoms with Crippen molar-refractivity contribution < 1.29 is 9.53 Å². The lowest BCUT2D eigenvalue weighted by molar-refractivity contribution is -0.108. The van der Waals surface area contributed by atoms with Crippen LogP contribution in [0.4, 0.5) is 11.4 Å². The van der Waals surface area contributed by atoms with Crippen molar-refractivity contribution in [3.63, 3.8) is 0 Å². The van der Waals surface area contributed by atoms with Crippen LogP contribution in [0.1, 0.15) is 24.8 Å². The van der Waals surface area contributed by atoms with Crippen molar-refractivity contribution in [1.29, 1.82) is 0 Å².